The third-order valence-corrected chi connectivity index (χ3v) is 5.82. The number of nitrogens with zero attached hydrogens (tertiary/aromatic N) is 2. The number of halogens is 1. The van der Waals surface area contributed by atoms with Crippen molar-refractivity contribution in [2.24, 2.45) is 0 Å². The number of carbonyl (C=O) groups excluding carboxylic acids is 2. The van der Waals surface area contributed by atoms with Gasteiger partial charge in [-0.1, -0.05) is 23.7 Å². The van der Waals surface area contributed by atoms with Crippen molar-refractivity contribution in [3.63, 3.8) is 0 Å². The fraction of sp³-hybridized carbons (Fsp3) is 0.304. The predicted molar refractivity (Wildman–Crippen MR) is 125 cm³/mol. The van der Waals surface area contributed by atoms with Crippen LogP contribution in [0.2, 0.25) is 5.02 Å². The fourth-order valence-electron chi connectivity index (χ4n) is 3.97. The third kappa shape index (κ3) is 4.51. The number of nitrogens with one attached hydrogen (secondary N) is 2. The molecule has 1 aromatic heterocycles. The first-order valence-corrected chi connectivity index (χ1v) is 10.7. The molecule has 1 fully saturated rings. The minimum atomic E-state index is -0.557. The molecule has 8 nitrogen and oxygen atoms in total. The van der Waals surface area contributed by atoms with Crippen LogP contribution in [-0.2, 0) is 9.53 Å². The number of benzene rings is 2. The molecule has 1 amide bonds. The molecule has 3 aromatic rings. The molecular formula is C23H25ClN4O4. The number of hydrogen-bond acceptors (Lipinski definition) is 6. The van der Waals surface area contributed by atoms with E-state index in [2.05, 4.69) is 20.1 Å². The number of piperazine rings is 1. The van der Waals surface area contributed by atoms with Gasteiger partial charge in [0.2, 0.25) is 5.91 Å². The Hall–Kier alpha value is -3.23. The molecular weight excluding hydrogens is 432 g/mol. The van der Waals surface area contributed by atoms with Crippen LogP contribution in [0.5, 0.6) is 5.75 Å². The summed E-state index contributed by atoms with van der Waals surface area (Å²) < 4.78 is 10.3. The van der Waals surface area contributed by atoms with Gasteiger partial charge in [-0.25, -0.2) is 4.79 Å². The van der Waals surface area contributed by atoms with Crippen molar-refractivity contribution in [2.75, 3.05) is 57.2 Å². The highest BCUT2D eigenvalue weighted by Gasteiger charge is 2.24. The van der Waals surface area contributed by atoms with Gasteiger partial charge in [-0.15, -0.1) is 0 Å². The minimum Gasteiger partial charge on any atom is -0.495 e. The molecule has 1 aliphatic heterocycles. The van der Waals surface area contributed by atoms with Gasteiger partial charge < -0.3 is 24.7 Å². The van der Waals surface area contributed by atoms with Crippen molar-refractivity contribution in [1.29, 1.82) is 0 Å². The lowest BCUT2D eigenvalue weighted by molar-refractivity contribution is -0.117. The van der Waals surface area contributed by atoms with Gasteiger partial charge in [0.25, 0.3) is 0 Å². The highest BCUT2D eigenvalue weighted by molar-refractivity contribution is 6.31. The number of H-pyrrole nitrogens is 1. The van der Waals surface area contributed by atoms with E-state index in [4.69, 9.17) is 21.1 Å². The highest BCUT2D eigenvalue weighted by Crippen LogP contribution is 2.31. The summed E-state index contributed by atoms with van der Waals surface area (Å²) >= 11 is 6.13. The molecule has 1 aliphatic rings. The van der Waals surface area contributed by atoms with Gasteiger partial charge in [0, 0.05) is 42.1 Å². The van der Waals surface area contributed by atoms with Crippen LogP contribution in [0.3, 0.4) is 0 Å². The lowest BCUT2D eigenvalue weighted by Crippen LogP contribution is -2.48. The van der Waals surface area contributed by atoms with Gasteiger partial charge in [-0.05, 0) is 30.3 Å². The number of esters is 1. The zero-order chi connectivity index (χ0) is 22.7. The van der Waals surface area contributed by atoms with Gasteiger partial charge in [-0.2, -0.15) is 0 Å². The lowest BCUT2D eigenvalue weighted by atomic mass is 10.2. The van der Waals surface area contributed by atoms with Gasteiger partial charge >= 0.3 is 5.97 Å². The van der Waals surface area contributed by atoms with E-state index in [1.54, 1.807) is 25.3 Å². The van der Waals surface area contributed by atoms with Crippen LogP contribution in [0, 0.1) is 0 Å². The number of amides is 1. The van der Waals surface area contributed by atoms with E-state index in [0.29, 0.717) is 21.6 Å². The Bertz CT molecular complexity index is 1140. The van der Waals surface area contributed by atoms with Crippen molar-refractivity contribution in [2.45, 2.75) is 0 Å². The van der Waals surface area contributed by atoms with Crippen molar-refractivity contribution in [3.8, 4) is 5.75 Å². The fourth-order valence-corrected chi connectivity index (χ4v) is 4.14. The van der Waals surface area contributed by atoms with E-state index >= 15 is 0 Å². The first kappa shape index (κ1) is 22.0. The normalized spacial score (nSPS) is 14.4. The number of hydrogen-bond donors (Lipinski definition) is 2. The summed E-state index contributed by atoms with van der Waals surface area (Å²) in [6, 6.07) is 13.1. The number of fused-ring (bicyclic) bond motifs is 1. The lowest BCUT2D eigenvalue weighted by Gasteiger charge is -2.36. The Balaban J connectivity index is 1.43. The Morgan fingerprint density at radius 2 is 1.84 bits per heavy atom. The van der Waals surface area contributed by atoms with Crippen LogP contribution >= 0.6 is 11.6 Å². The molecule has 2 aromatic carbocycles. The number of rotatable bonds is 6. The predicted octanol–water partition coefficient (Wildman–Crippen LogP) is 3.38. The van der Waals surface area contributed by atoms with Gasteiger partial charge in [0.05, 0.1) is 32.1 Å². The highest BCUT2D eigenvalue weighted by atomic mass is 35.5. The average Bonchev–Trinajstić information content (AvgIpc) is 3.16. The zero-order valence-electron chi connectivity index (χ0n) is 18.0. The van der Waals surface area contributed by atoms with Crippen LogP contribution < -0.4 is 15.0 Å². The molecule has 2 N–H and O–H groups in total. The van der Waals surface area contributed by atoms with E-state index < -0.39 is 5.97 Å². The second-order valence-electron chi connectivity index (χ2n) is 7.54. The van der Waals surface area contributed by atoms with E-state index in [1.165, 1.54) is 7.11 Å². The van der Waals surface area contributed by atoms with Crippen LogP contribution in [0.15, 0.2) is 42.5 Å². The summed E-state index contributed by atoms with van der Waals surface area (Å²) in [6.45, 7) is 3.24. The molecule has 168 valence electrons. The van der Waals surface area contributed by atoms with E-state index in [0.717, 1.165) is 37.6 Å². The number of anilines is 2. The summed E-state index contributed by atoms with van der Waals surface area (Å²) in [6.07, 6.45) is 0. The van der Waals surface area contributed by atoms with Crippen LogP contribution in [0.1, 0.15) is 10.5 Å². The Morgan fingerprint density at radius 1 is 1.09 bits per heavy atom. The minimum absolute atomic E-state index is 0.194. The van der Waals surface area contributed by atoms with E-state index in [-0.39, 0.29) is 18.1 Å². The number of carbonyl (C=O) groups is 2. The largest absolute Gasteiger partial charge is 0.495 e. The Labute approximate surface area is 191 Å². The third-order valence-electron chi connectivity index (χ3n) is 5.58. The summed E-state index contributed by atoms with van der Waals surface area (Å²) in [5.41, 5.74) is 2.32. The molecule has 9 heteroatoms. The maximum Gasteiger partial charge on any atom is 0.356 e. The summed E-state index contributed by atoms with van der Waals surface area (Å²) in [7, 11) is 2.97. The molecule has 0 aliphatic carbocycles. The van der Waals surface area contributed by atoms with Crippen molar-refractivity contribution in [1.82, 2.24) is 9.88 Å². The average molecular weight is 457 g/mol. The molecule has 0 bridgehead atoms. The topological polar surface area (TPSA) is 86.9 Å². The van der Waals surface area contributed by atoms with Crippen LogP contribution in [0.4, 0.5) is 11.4 Å². The number of ether oxygens (including phenoxy) is 2. The summed E-state index contributed by atoms with van der Waals surface area (Å²) in [4.78, 5) is 32.4. The Morgan fingerprint density at radius 3 is 2.56 bits per heavy atom. The molecule has 0 unspecified atom stereocenters. The maximum atomic E-state index is 12.8. The van der Waals surface area contributed by atoms with Gasteiger partial charge in [0.1, 0.15) is 11.4 Å². The SMILES string of the molecule is COC(=O)c1[nH]c2ccc(Cl)cc2c1NC(=O)CN1CCN(c2ccccc2OC)CC1. The maximum absolute atomic E-state index is 12.8. The second kappa shape index (κ2) is 9.50. The first-order valence-electron chi connectivity index (χ1n) is 10.3. The Kier molecular flexibility index (Phi) is 6.53. The van der Waals surface area contributed by atoms with Crippen molar-refractivity contribution < 1.29 is 19.1 Å². The molecule has 0 spiro atoms. The molecule has 0 saturated carbocycles. The van der Waals surface area contributed by atoms with E-state index in [9.17, 15) is 9.59 Å². The number of aromatic nitrogens is 1. The number of para-hydroxylation sites is 2. The second-order valence-corrected chi connectivity index (χ2v) is 7.98. The quantitative estimate of drug-likeness (QED) is 0.553. The number of aromatic amines is 1. The first-order chi connectivity index (χ1) is 15.5. The smallest absolute Gasteiger partial charge is 0.356 e. The molecule has 0 radical (unpaired) electrons. The molecule has 2 heterocycles. The van der Waals surface area contributed by atoms with E-state index in [1.807, 2.05) is 24.3 Å². The zero-order valence-corrected chi connectivity index (χ0v) is 18.7. The molecule has 4 rings (SSSR count). The standard InChI is InChI=1S/C23H25ClN4O4/c1-31-19-6-4-3-5-18(19)28-11-9-27(10-12-28)14-20(29)26-21-16-13-15(24)7-8-17(16)25-22(21)23(30)32-2/h3-8,13,25H,9-12,14H2,1-2H3,(H,26,29). The molecule has 32 heavy (non-hydrogen) atoms. The van der Waals surface area contributed by atoms with Crippen LogP contribution in [0.25, 0.3) is 10.9 Å². The van der Waals surface area contributed by atoms with Crippen molar-refractivity contribution in [3.05, 3.63) is 53.2 Å². The van der Waals surface area contributed by atoms with Crippen molar-refractivity contribution >= 4 is 45.8 Å². The van der Waals surface area contributed by atoms with Gasteiger partial charge in [0.15, 0.2) is 0 Å². The molecule has 0 atom stereocenters. The van der Waals surface area contributed by atoms with Crippen LogP contribution in [-0.4, -0.2) is 68.7 Å². The monoisotopic (exact) mass is 456 g/mol. The van der Waals surface area contributed by atoms with Gasteiger partial charge in [-0.3, -0.25) is 9.69 Å². The summed E-state index contributed by atoms with van der Waals surface area (Å²) in [5, 5.41) is 4.05. The number of methoxy groups -OCH3 is 2. The molecule has 1 saturated heterocycles. The summed E-state index contributed by atoms with van der Waals surface area (Å²) in [5.74, 6) is 0.0758.